The van der Waals surface area contributed by atoms with Gasteiger partial charge < -0.3 is 14.5 Å². The van der Waals surface area contributed by atoms with Crippen molar-refractivity contribution in [3.63, 3.8) is 0 Å². The molecule has 0 radical (unpaired) electrons. The van der Waals surface area contributed by atoms with Gasteiger partial charge in [0.1, 0.15) is 12.7 Å². The molecule has 1 saturated heterocycles. The predicted octanol–water partition coefficient (Wildman–Crippen LogP) is 3.84. The van der Waals surface area contributed by atoms with Crippen molar-refractivity contribution < 1.29 is 9.53 Å². The molecule has 0 saturated carbocycles. The number of nitrogens with zero attached hydrogens (tertiary/aromatic N) is 3. The Morgan fingerprint density at radius 1 is 1.29 bits per heavy atom. The van der Waals surface area contributed by atoms with E-state index < -0.39 is 6.09 Å². The first-order valence-electron chi connectivity index (χ1n) is 9.50. The summed E-state index contributed by atoms with van der Waals surface area (Å²) in [5, 5.41) is 12.1. The van der Waals surface area contributed by atoms with E-state index in [-0.39, 0.29) is 6.61 Å². The number of nitriles is 1. The summed E-state index contributed by atoms with van der Waals surface area (Å²) in [6, 6.07) is 17.7. The molecule has 0 aromatic heterocycles. The number of hydrogen-bond acceptors (Lipinski definition) is 5. The Morgan fingerprint density at radius 2 is 2.07 bits per heavy atom. The molecular weight excluding hydrogens is 352 g/mol. The highest BCUT2D eigenvalue weighted by Gasteiger charge is 2.22. The molecule has 1 amide bonds. The van der Waals surface area contributed by atoms with Gasteiger partial charge >= 0.3 is 6.09 Å². The van der Waals surface area contributed by atoms with Crippen LogP contribution in [0.5, 0.6) is 0 Å². The molecule has 2 aromatic carbocycles. The molecule has 2 aromatic rings. The van der Waals surface area contributed by atoms with E-state index in [2.05, 4.69) is 35.3 Å². The van der Waals surface area contributed by atoms with Gasteiger partial charge in [0.15, 0.2) is 0 Å². The SMILES string of the molecule is CN(C)C1CCCN(c2ccc(C#N)c(NC(=O)OCc3ccccc3)c2)C1. The predicted molar refractivity (Wildman–Crippen MR) is 110 cm³/mol. The number of carbonyl (C=O) groups is 1. The van der Waals surface area contributed by atoms with E-state index >= 15 is 0 Å². The van der Waals surface area contributed by atoms with E-state index in [9.17, 15) is 10.1 Å². The van der Waals surface area contributed by atoms with Crippen molar-refractivity contribution in [2.45, 2.75) is 25.5 Å². The van der Waals surface area contributed by atoms with Gasteiger partial charge in [-0.15, -0.1) is 0 Å². The minimum absolute atomic E-state index is 0.185. The molecule has 1 fully saturated rings. The van der Waals surface area contributed by atoms with Crippen molar-refractivity contribution in [2.24, 2.45) is 0 Å². The number of carbonyl (C=O) groups excluding carboxylic acids is 1. The van der Waals surface area contributed by atoms with Crippen LogP contribution in [0.25, 0.3) is 0 Å². The van der Waals surface area contributed by atoms with Crippen molar-refractivity contribution in [1.29, 1.82) is 5.26 Å². The van der Waals surface area contributed by atoms with Crippen LogP contribution in [0, 0.1) is 11.3 Å². The minimum atomic E-state index is -0.567. The summed E-state index contributed by atoms with van der Waals surface area (Å²) in [7, 11) is 4.20. The van der Waals surface area contributed by atoms with Gasteiger partial charge in [-0.25, -0.2) is 4.79 Å². The van der Waals surface area contributed by atoms with E-state index in [0.717, 1.165) is 30.8 Å². The lowest BCUT2D eigenvalue weighted by Crippen LogP contribution is -2.45. The molecular formula is C22H26N4O2. The van der Waals surface area contributed by atoms with Gasteiger partial charge in [0.2, 0.25) is 0 Å². The van der Waals surface area contributed by atoms with Crippen LogP contribution < -0.4 is 10.2 Å². The highest BCUT2D eigenvalue weighted by atomic mass is 16.5. The van der Waals surface area contributed by atoms with Crippen LogP contribution in [0.3, 0.4) is 0 Å². The topological polar surface area (TPSA) is 68.6 Å². The minimum Gasteiger partial charge on any atom is -0.444 e. The largest absolute Gasteiger partial charge is 0.444 e. The number of benzene rings is 2. The lowest BCUT2D eigenvalue weighted by Gasteiger charge is -2.37. The molecule has 146 valence electrons. The van der Waals surface area contributed by atoms with E-state index in [1.807, 2.05) is 42.5 Å². The zero-order valence-electron chi connectivity index (χ0n) is 16.4. The fourth-order valence-electron chi connectivity index (χ4n) is 3.41. The van der Waals surface area contributed by atoms with E-state index in [4.69, 9.17) is 4.74 Å². The number of piperidine rings is 1. The van der Waals surface area contributed by atoms with Crippen LogP contribution in [0.1, 0.15) is 24.0 Å². The molecule has 6 nitrogen and oxygen atoms in total. The van der Waals surface area contributed by atoms with Gasteiger partial charge in [-0.1, -0.05) is 30.3 Å². The second-order valence-corrected chi connectivity index (χ2v) is 7.23. The average Bonchev–Trinajstić information content (AvgIpc) is 2.73. The second kappa shape index (κ2) is 9.25. The number of likely N-dealkylation sites (N-methyl/N-ethyl adjacent to an activating group) is 1. The van der Waals surface area contributed by atoms with Gasteiger partial charge in [-0.3, -0.25) is 5.32 Å². The van der Waals surface area contributed by atoms with E-state index in [1.54, 1.807) is 6.07 Å². The first kappa shape index (κ1) is 19.7. The quantitative estimate of drug-likeness (QED) is 0.856. The summed E-state index contributed by atoms with van der Waals surface area (Å²) in [5.74, 6) is 0. The third-order valence-corrected chi connectivity index (χ3v) is 5.07. The van der Waals surface area contributed by atoms with Crippen molar-refractivity contribution >= 4 is 17.5 Å². The standard InChI is InChI=1S/C22H26N4O2/c1-25(2)20-9-6-12-26(15-20)19-11-10-18(14-23)21(13-19)24-22(27)28-16-17-7-4-3-5-8-17/h3-5,7-8,10-11,13,20H,6,9,12,15-16H2,1-2H3,(H,24,27). The lowest BCUT2D eigenvalue weighted by molar-refractivity contribution is 0.155. The molecule has 0 spiro atoms. The van der Waals surface area contributed by atoms with Crippen LogP contribution in [-0.2, 0) is 11.3 Å². The number of hydrogen-bond donors (Lipinski definition) is 1. The molecule has 1 aliphatic heterocycles. The summed E-state index contributed by atoms with van der Waals surface area (Å²) >= 11 is 0. The summed E-state index contributed by atoms with van der Waals surface area (Å²) < 4.78 is 5.29. The first-order chi connectivity index (χ1) is 13.6. The van der Waals surface area contributed by atoms with Gasteiger partial charge in [-0.2, -0.15) is 5.26 Å². The Hall–Kier alpha value is -3.04. The van der Waals surface area contributed by atoms with Crippen LogP contribution in [0.4, 0.5) is 16.2 Å². The number of anilines is 2. The molecule has 0 bridgehead atoms. The fourth-order valence-corrected chi connectivity index (χ4v) is 3.41. The number of amides is 1. The Balaban J connectivity index is 1.69. The normalized spacial score (nSPS) is 16.5. The Morgan fingerprint density at radius 3 is 2.79 bits per heavy atom. The first-order valence-corrected chi connectivity index (χ1v) is 9.50. The van der Waals surface area contributed by atoms with E-state index in [0.29, 0.717) is 17.3 Å². The van der Waals surface area contributed by atoms with Gasteiger partial charge in [0.05, 0.1) is 11.3 Å². The summed E-state index contributed by atoms with van der Waals surface area (Å²) in [6.45, 7) is 2.08. The second-order valence-electron chi connectivity index (χ2n) is 7.23. The zero-order valence-corrected chi connectivity index (χ0v) is 16.4. The zero-order chi connectivity index (χ0) is 19.9. The molecule has 28 heavy (non-hydrogen) atoms. The van der Waals surface area contributed by atoms with Crippen LogP contribution in [0.15, 0.2) is 48.5 Å². The van der Waals surface area contributed by atoms with Gasteiger partial charge in [0, 0.05) is 24.8 Å². The third-order valence-electron chi connectivity index (χ3n) is 5.07. The monoisotopic (exact) mass is 378 g/mol. The Kier molecular flexibility index (Phi) is 6.51. The summed E-state index contributed by atoms with van der Waals surface area (Å²) in [5.41, 5.74) is 2.81. The van der Waals surface area contributed by atoms with Crippen molar-refractivity contribution in [1.82, 2.24) is 4.90 Å². The highest BCUT2D eigenvalue weighted by Crippen LogP contribution is 2.27. The van der Waals surface area contributed by atoms with Crippen LogP contribution in [0.2, 0.25) is 0 Å². The average molecular weight is 378 g/mol. The smallest absolute Gasteiger partial charge is 0.411 e. The number of nitrogens with one attached hydrogen (secondary N) is 1. The maximum atomic E-state index is 12.2. The maximum Gasteiger partial charge on any atom is 0.411 e. The molecule has 1 N–H and O–H groups in total. The Labute approximate surface area is 166 Å². The Bertz CT molecular complexity index is 845. The lowest BCUT2D eigenvalue weighted by atomic mass is 10.0. The summed E-state index contributed by atoms with van der Waals surface area (Å²) in [4.78, 5) is 16.8. The third kappa shape index (κ3) is 5.02. The van der Waals surface area contributed by atoms with Gasteiger partial charge in [0.25, 0.3) is 0 Å². The van der Waals surface area contributed by atoms with Crippen molar-refractivity contribution in [3.05, 3.63) is 59.7 Å². The molecule has 1 heterocycles. The molecule has 0 aliphatic carbocycles. The molecule has 1 unspecified atom stereocenters. The van der Waals surface area contributed by atoms with Crippen LogP contribution in [-0.4, -0.2) is 44.2 Å². The molecule has 3 rings (SSSR count). The summed E-state index contributed by atoms with van der Waals surface area (Å²) in [6.07, 6.45) is 1.73. The fraction of sp³-hybridized carbons (Fsp3) is 0.364. The molecule has 1 atom stereocenters. The van der Waals surface area contributed by atoms with Crippen molar-refractivity contribution in [3.8, 4) is 6.07 Å². The van der Waals surface area contributed by atoms with Crippen molar-refractivity contribution in [2.75, 3.05) is 37.4 Å². The van der Waals surface area contributed by atoms with Crippen LogP contribution >= 0.6 is 0 Å². The number of rotatable bonds is 5. The maximum absolute atomic E-state index is 12.2. The molecule has 1 aliphatic rings. The van der Waals surface area contributed by atoms with Gasteiger partial charge in [-0.05, 0) is 50.7 Å². The molecule has 6 heteroatoms. The van der Waals surface area contributed by atoms with E-state index in [1.165, 1.54) is 6.42 Å². The number of ether oxygens (including phenoxy) is 1. The highest BCUT2D eigenvalue weighted by molar-refractivity contribution is 5.87.